The molecule has 2 nitrogen and oxygen atoms in total. The van der Waals surface area contributed by atoms with E-state index in [9.17, 15) is 4.79 Å². The van der Waals surface area contributed by atoms with Crippen molar-refractivity contribution in [2.75, 3.05) is 6.54 Å². The van der Waals surface area contributed by atoms with Crippen LogP contribution >= 0.6 is 0 Å². The normalized spacial score (nSPS) is 20.9. The average molecular weight is 245 g/mol. The second kappa shape index (κ2) is 5.66. The van der Waals surface area contributed by atoms with Crippen molar-refractivity contribution in [1.29, 1.82) is 0 Å². The first kappa shape index (κ1) is 13.3. The predicted octanol–water partition coefficient (Wildman–Crippen LogP) is 3.25. The van der Waals surface area contributed by atoms with Gasteiger partial charge < -0.3 is 0 Å². The summed E-state index contributed by atoms with van der Waals surface area (Å²) >= 11 is 0. The zero-order chi connectivity index (χ0) is 13.1. The van der Waals surface area contributed by atoms with Gasteiger partial charge in [0.2, 0.25) is 0 Å². The van der Waals surface area contributed by atoms with Crippen molar-refractivity contribution in [3.05, 3.63) is 34.9 Å². The van der Waals surface area contributed by atoms with Gasteiger partial charge in [0.25, 0.3) is 0 Å². The standard InChI is InChI=1S/C16H23NO/c1-12-7-8-15(10-13(12)2)11-17-9-5-4-6-16(17)14(3)18/h7-8,10,16H,4-6,9,11H2,1-3H3. The molecular weight excluding hydrogens is 222 g/mol. The first-order chi connectivity index (χ1) is 8.58. The van der Waals surface area contributed by atoms with Gasteiger partial charge in [-0.15, -0.1) is 0 Å². The minimum absolute atomic E-state index is 0.139. The van der Waals surface area contributed by atoms with Crippen LogP contribution in [-0.2, 0) is 11.3 Å². The fourth-order valence-corrected chi connectivity index (χ4v) is 2.78. The summed E-state index contributed by atoms with van der Waals surface area (Å²) in [4.78, 5) is 14.0. The van der Waals surface area contributed by atoms with Crippen molar-refractivity contribution in [2.45, 2.75) is 52.6 Å². The lowest BCUT2D eigenvalue weighted by Gasteiger charge is -2.34. The number of benzene rings is 1. The summed E-state index contributed by atoms with van der Waals surface area (Å²) in [5.41, 5.74) is 4.00. The van der Waals surface area contributed by atoms with E-state index in [2.05, 4.69) is 36.9 Å². The van der Waals surface area contributed by atoms with Gasteiger partial charge in [-0.3, -0.25) is 9.69 Å². The van der Waals surface area contributed by atoms with Crippen LogP contribution in [0, 0.1) is 13.8 Å². The number of Topliss-reactive ketones (excluding diaryl/α,β-unsaturated/α-hetero) is 1. The minimum atomic E-state index is 0.139. The summed E-state index contributed by atoms with van der Waals surface area (Å²) in [6.45, 7) is 7.97. The maximum absolute atomic E-state index is 11.7. The molecule has 0 aliphatic carbocycles. The topological polar surface area (TPSA) is 20.3 Å². The molecule has 1 unspecified atom stereocenters. The Balaban J connectivity index is 2.10. The molecule has 0 N–H and O–H groups in total. The molecule has 0 radical (unpaired) electrons. The number of likely N-dealkylation sites (tertiary alicyclic amines) is 1. The van der Waals surface area contributed by atoms with Gasteiger partial charge in [-0.05, 0) is 56.8 Å². The van der Waals surface area contributed by atoms with Crippen molar-refractivity contribution in [2.24, 2.45) is 0 Å². The van der Waals surface area contributed by atoms with Gasteiger partial charge in [0.05, 0.1) is 6.04 Å². The smallest absolute Gasteiger partial charge is 0.146 e. The van der Waals surface area contributed by atoms with Gasteiger partial charge in [-0.1, -0.05) is 24.6 Å². The fourth-order valence-electron chi connectivity index (χ4n) is 2.78. The van der Waals surface area contributed by atoms with E-state index in [0.717, 1.165) is 19.5 Å². The Morgan fingerprint density at radius 3 is 2.72 bits per heavy atom. The molecule has 98 valence electrons. The summed E-state index contributed by atoms with van der Waals surface area (Å²) in [5.74, 6) is 0.318. The Morgan fingerprint density at radius 1 is 1.28 bits per heavy atom. The van der Waals surface area contributed by atoms with E-state index in [1.165, 1.54) is 29.5 Å². The van der Waals surface area contributed by atoms with E-state index < -0.39 is 0 Å². The average Bonchev–Trinajstić information content (AvgIpc) is 2.34. The van der Waals surface area contributed by atoms with Gasteiger partial charge >= 0.3 is 0 Å². The Morgan fingerprint density at radius 2 is 2.06 bits per heavy atom. The molecule has 1 aliphatic rings. The molecule has 2 heteroatoms. The van der Waals surface area contributed by atoms with Gasteiger partial charge in [0.1, 0.15) is 5.78 Å². The number of hydrogen-bond acceptors (Lipinski definition) is 2. The number of nitrogens with zero attached hydrogens (tertiary/aromatic N) is 1. The maximum atomic E-state index is 11.7. The molecule has 18 heavy (non-hydrogen) atoms. The van der Waals surface area contributed by atoms with Crippen molar-refractivity contribution >= 4 is 5.78 Å². The monoisotopic (exact) mass is 245 g/mol. The number of ketones is 1. The SMILES string of the molecule is CC(=O)C1CCCCN1Cc1ccc(C)c(C)c1. The number of carbonyl (C=O) groups is 1. The Labute approximate surface area is 110 Å². The number of rotatable bonds is 3. The van der Waals surface area contributed by atoms with E-state index in [1.54, 1.807) is 6.92 Å². The predicted molar refractivity (Wildman–Crippen MR) is 74.6 cm³/mol. The number of aryl methyl sites for hydroxylation is 2. The lowest BCUT2D eigenvalue weighted by molar-refractivity contribution is -0.123. The summed E-state index contributed by atoms with van der Waals surface area (Å²) in [6, 6.07) is 6.76. The molecule has 1 heterocycles. The van der Waals surface area contributed by atoms with Gasteiger partial charge in [0, 0.05) is 6.54 Å². The van der Waals surface area contributed by atoms with Crippen LogP contribution in [0.2, 0.25) is 0 Å². The third kappa shape index (κ3) is 2.99. The van der Waals surface area contributed by atoms with Crippen LogP contribution in [0.5, 0.6) is 0 Å². The molecule has 1 saturated heterocycles. The maximum Gasteiger partial charge on any atom is 0.146 e. The first-order valence-electron chi connectivity index (χ1n) is 6.88. The Bertz CT molecular complexity index is 439. The fraction of sp³-hybridized carbons (Fsp3) is 0.562. The van der Waals surface area contributed by atoms with E-state index in [0.29, 0.717) is 5.78 Å². The number of hydrogen-bond donors (Lipinski definition) is 0. The first-order valence-corrected chi connectivity index (χ1v) is 6.88. The van der Waals surface area contributed by atoms with Crippen LogP contribution in [-0.4, -0.2) is 23.3 Å². The van der Waals surface area contributed by atoms with Crippen LogP contribution < -0.4 is 0 Å². The molecule has 0 bridgehead atoms. The highest BCUT2D eigenvalue weighted by atomic mass is 16.1. The molecule has 0 aromatic heterocycles. The van der Waals surface area contributed by atoms with Crippen LogP contribution in [0.3, 0.4) is 0 Å². The van der Waals surface area contributed by atoms with Crippen LogP contribution in [0.15, 0.2) is 18.2 Å². The van der Waals surface area contributed by atoms with Crippen molar-refractivity contribution in [3.63, 3.8) is 0 Å². The zero-order valence-corrected chi connectivity index (χ0v) is 11.7. The zero-order valence-electron chi connectivity index (χ0n) is 11.7. The number of carbonyl (C=O) groups excluding carboxylic acids is 1. The molecule has 2 rings (SSSR count). The van der Waals surface area contributed by atoms with Gasteiger partial charge in [-0.25, -0.2) is 0 Å². The van der Waals surface area contributed by atoms with Crippen molar-refractivity contribution in [3.8, 4) is 0 Å². The summed E-state index contributed by atoms with van der Waals surface area (Å²) in [6.07, 6.45) is 3.43. The molecule has 0 saturated carbocycles. The summed E-state index contributed by atoms with van der Waals surface area (Å²) < 4.78 is 0. The van der Waals surface area contributed by atoms with Crippen LogP contribution in [0.4, 0.5) is 0 Å². The highest BCUT2D eigenvalue weighted by Gasteiger charge is 2.25. The minimum Gasteiger partial charge on any atom is -0.298 e. The van der Waals surface area contributed by atoms with Crippen LogP contribution in [0.25, 0.3) is 0 Å². The number of piperidine rings is 1. The Kier molecular flexibility index (Phi) is 4.18. The Hall–Kier alpha value is -1.15. The molecule has 1 aromatic carbocycles. The summed E-state index contributed by atoms with van der Waals surface area (Å²) in [7, 11) is 0. The van der Waals surface area contributed by atoms with E-state index in [4.69, 9.17) is 0 Å². The second-order valence-electron chi connectivity index (χ2n) is 5.51. The van der Waals surface area contributed by atoms with E-state index in [1.807, 2.05) is 0 Å². The molecule has 0 spiro atoms. The quantitative estimate of drug-likeness (QED) is 0.814. The van der Waals surface area contributed by atoms with Gasteiger partial charge in [0.15, 0.2) is 0 Å². The van der Waals surface area contributed by atoms with Crippen molar-refractivity contribution < 1.29 is 4.79 Å². The second-order valence-corrected chi connectivity index (χ2v) is 5.51. The molecule has 0 amide bonds. The molecule has 1 atom stereocenters. The largest absolute Gasteiger partial charge is 0.298 e. The molecule has 1 aliphatic heterocycles. The summed E-state index contributed by atoms with van der Waals surface area (Å²) in [5, 5.41) is 0. The highest BCUT2D eigenvalue weighted by molar-refractivity contribution is 5.81. The van der Waals surface area contributed by atoms with E-state index in [-0.39, 0.29) is 6.04 Å². The van der Waals surface area contributed by atoms with Crippen molar-refractivity contribution in [1.82, 2.24) is 4.90 Å². The van der Waals surface area contributed by atoms with Gasteiger partial charge in [-0.2, -0.15) is 0 Å². The third-order valence-corrected chi connectivity index (χ3v) is 4.04. The van der Waals surface area contributed by atoms with E-state index >= 15 is 0 Å². The molecule has 1 fully saturated rings. The molecular formula is C16H23NO. The third-order valence-electron chi connectivity index (χ3n) is 4.04. The lowest BCUT2D eigenvalue weighted by atomic mass is 9.97. The highest BCUT2D eigenvalue weighted by Crippen LogP contribution is 2.21. The van der Waals surface area contributed by atoms with Crippen LogP contribution in [0.1, 0.15) is 42.9 Å². The molecule has 1 aromatic rings. The lowest BCUT2D eigenvalue weighted by Crippen LogP contribution is -2.43.